The van der Waals surface area contributed by atoms with Gasteiger partial charge in [-0.15, -0.1) is 29.7 Å². The smallest absolute Gasteiger partial charge is 0.268 e. The van der Waals surface area contributed by atoms with E-state index in [1.807, 2.05) is 30.5 Å². The van der Waals surface area contributed by atoms with Crippen molar-refractivity contribution in [3.63, 3.8) is 0 Å². The van der Waals surface area contributed by atoms with Gasteiger partial charge in [0.2, 0.25) is 0 Å². The van der Waals surface area contributed by atoms with Gasteiger partial charge in [-0.05, 0) is 226 Å². The molecular formula is C108H118N4OPt-2. The van der Waals surface area contributed by atoms with Crippen LogP contribution in [0.4, 0.5) is 0 Å². The van der Waals surface area contributed by atoms with E-state index in [-0.39, 0.29) is 69.8 Å². The molecule has 0 aliphatic carbocycles. The number of imidazole rings is 1. The first kappa shape index (κ1) is 82.3. The average molecular weight is 1680 g/mol. The molecule has 11 aromatic carbocycles. The fourth-order valence-corrected chi connectivity index (χ4v) is 15.4. The number of ether oxygens (including phenoxy) is 1. The Labute approximate surface area is 696 Å². The zero-order valence-corrected chi connectivity index (χ0v) is 75.1. The third kappa shape index (κ3) is 16.9. The summed E-state index contributed by atoms with van der Waals surface area (Å²) in [5.74, 6) is 1.96. The van der Waals surface area contributed by atoms with Gasteiger partial charge < -0.3 is 13.9 Å². The van der Waals surface area contributed by atoms with E-state index < -0.39 is 0 Å². The van der Waals surface area contributed by atoms with Crippen LogP contribution in [0.3, 0.4) is 0 Å². The van der Waals surface area contributed by atoms with Gasteiger partial charge in [-0.25, -0.2) is 4.98 Å². The molecular weight excluding hydrogens is 1560 g/mol. The summed E-state index contributed by atoms with van der Waals surface area (Å²) in [6.07, 6.45) is 6.03. The third-order valence-electron chi connectivity index (χ3n) is 22.9. The first-order valence-electron chi connectivity index (χ1n) is 40.8. The van der Waals surface area contributed by atoms with Crippen molar-refractivity contribution in [2.45, 2.75) is 236 Å². The fourth-order valence-electron chi connectivity index (χ4n) is 15.4. The zero-order valence-electron chi connectivity index (χ0n) is 72.9. The molecule has 14 rings (SSSR count). The summed E-state index contributed by atoms with van der Waals surface area (Å²) in [7, 11) is 0. The molecule has 0 amide bonds. The van der Waals surface area contributed by atoms with Gasteiger partial charge >= 0.3 is 0 Å². The van der Waals surface area contributed by atoms with Gasteiger partial charge in [-0.3, -0.25) is 4.57 Å². The van der Waals surface area contributed by atoms with E-state index in [2.05, 4.69) is 413 Å². The minimum Gasteiger partial charge on any atom is -0.510 e. The number of hydrogen-bond acceptors (Lipinski definition) is 2. The Morgan fingerprint density at radius 2 is 0.649 bits per heavy atom. The Morgan fingerprint density at radius 1 is 0.298 bits per heavy atom. The van der Waals surface area contributed by atoms with Crippen LogP contribution < -0.4 is 9.30 Å². The van der Waals surface area contributed by atoms with Crippen LogP contribution in [-0.2, 0) is 69.8 Å². The van der Waals surface area contributed by atoms with Crippen LogP contribution in [-0.4, -0.2) is 14.1 Å². The van der Waals surface area contributed by atoms with Crippen molar-refractivity contribution in [2.75, 3.05) is 0 Å². The molecule has 0 unspecified atom stereocenters. The van der Waals surface area contributed by atoms with Gasteiger partial charge in [0.05, 0.1) is 16.7 Å². The van der Waals surface area contributed by atoms with Gasteiger partial charge in [-0.1, -0.05) is 332 Å². The van der Waals surface area contributed by atoms with Crippen LogP contribution in [0.5, 0.6) is 11.5 Å². The van der Waals surface area contributed by atoms with E-state index in [1.165, 1.54) is 66.8 Å². The van der Waals surface area contributed by atoms with Crippen molar-refractivity contribution in [3.05, 3.63) is 293 Å². The number of hydrogen-bond donors (Lipinski definition) is 0. The van der Waals surface area contributed by atoms with E-state index in [0.717, 1.165) is 100 Å². The third-order valence-corrected chi connectivity index (χ3v) is 22.9. The molecule has 3 aromatic heterocycles. The summed E-state index contributed by atoms with van der Waals surface area (Å²) in [6.45, 7) is 63.1. The molecule has 0 fully saturated rings. The predicted octanol–water partition coefficient (Wildman–Crippen LogP) is 29.3. The van der Waals surface area contributed by atoms with Crippen molar-refractivity contribution in [2.24, 2.45) is 0 Å². The van der Waals surface area contributed by atoms with Crippen molar-refractivity contribution in [3.8, 4) is 95.5 Å². The molecule has 0 aliphatic heterocycles. The quantitative estimate of drug-likeness (QED) is 0.0956. The maximum Gasteiger partial charge on any atom is 0.268 e. The second-order valence-electron chi connectivity index (χ2n) is 41.4. The summed E-state index contributed by atoms with van der Waals surface area (Å²) in [4.78, 5) is 4.85. The molecule has 0 N–H and O–H groups in total. The van der Waals surface area contributed by atoms with E-state index in [4.69, 9.17) is 9.72 Å². The summed E-state index contributed by atoms with van der Waals surface area (Å²) < 4.78 is 13.9. The largest absolute Gasteiger partial charge is 0.510 e. The van der Waals surface area contributed by atoms with Crippen molar-refractivity contribution in [1.29, 1.82) is 0 Å². The molecule has 0 radical (unpaired) electrons. The zero-order chi connectivity index (χ0) is 81.4. The Morgan fingerprint density at radius 3 is 1.04 bits per heavy atom. The van der Waals surface area contributed by atoms with E-state index in [9.17, 15) is 0 Å². The number of nitrogens with zero attached hydrogens (tertiary/aromatic N) is 4. The average Bonchev–Trinajstić information content (AvgIpc) is 1.57. The van der Waals surface area contributed by atoms with Crippen molar-refractivity contribution < 1.29 is 30.4 Å². The molecule has 3 heterocycles. The summed E-state index contributed by atoms with van der Waals surface area (Å²) in [5, 5.41) is 2.19. The van der Waals surface area contributed by atoms with Crippen LogP contribution in [0, 0.1) is 18.5 Å². The van der Waals surface area contributed by atoms with E-state index in [0.29, 0.717) is 11.5 Å². The molecule has 0 saturated carbocycles. The number of fused-ring (bicyclic) bond motifs is 4. The van der Waals surface area contributed by atoms with Gasteiger partial charge in [0, 0.05) is 44.3 Å². The summed E-state index contributed by atoms with van der Waals surface area (Å²) >= 11 is 0. The maximum absolute atomic E-state index is 7.15. The first-order valence-corrected chi connectivity index (χ1v) is 40.8. The second kappa shape index (κ2) is 29.6. The van der Waals surface area contributed by atoms with Gasteiger partial charge in [-0.2, -0.15) is 17.7 Å². The van der Waals surface area contributed by atoms with Crippen LogP contribution >= 0.6 is 0 Å². The number of rotatable bonds is 11. The van der Waals surface area contributed by atoms with Crippen LogP contribution in [0.1, 0.15) is 237 Å². The molecule has 588 valence electrons. The molecule has 6 heteroatoms. The van der Waals surface area contributed by atoms with Crippen LogP contribution in [0.15, 0.2) is 225 Å². The predicted molar refractivity (Wildman–Crippen MR) is 481 cm³/mol. The number of aromatic nitrogens is 4. The number of para-hydroxylation sites is 4. The minimum atomic E-state index is -0.300. The molecule has 5 nitrogen and oxygen atoms in total. The summed E-state index contributed by atoms with van der Waals surface area (Å²) in [5.41, 5.74) is 29.7. The van der Waals surface area contributed by atoms with E-state index in [1.54, 1.807) is 0 Å². The van der Waals surface area contributed by atoms with Crippen LogP contribution in [0.25, 0.3) is 117 Å². The Bertz CT molecular complexity index is 5470. The number of pyridine rings is 1. The summed E-state index contributed by atoms with van der Waals surface area (Å²) in [6, 6.07) is 90.9. The fraction of sp³-hybridized carbons (Fsp3) is 0.333. The standard InChI is InChI=1S/C108H118N4O.Pt/c1-100(2,3)78-51-72(52-79(59-78)101(4,5)6)68-45-69(73-53-80(102(7,8)9)60-81(54-73)103(10,11)12)48-76(47-68)90-36-34-37-91(77-49-70(74-55-82(104(13,14)15)61-83(56-74)105(16,17)18)46-71(50-77)75-57-84(106(19,20)21)62-85(58-75)107(22,23)24)99(90)111-67-110(95-39-30-31-40-96(95)111)87-63-86(108(25,26)27)64-89(65-87)113-88-42-43-93-92-35-28-29-38-94(92)112(97(93)66-88)98-41-32-33-44-109-98;/h28-64H,1-27H3;/q-2;. The minimum absolute atomic E-state index is 0. The first-order chi connectivity index (χ1) is 52.6. The SMILES string of the molecule is CC(C)(C)c1cc(Oc2[c-]c3c(cc2)c2ccccc2n3-c2ccccn2)[c-]c(-n2[c-][n+](-c3c(-c4cc(-c5cc(C(C)(C)C)cc(C(C)(C)C)c5)cc(-c5cc(C(C)(C)C)cc(C(C)(C)C)c5)c4)cccc3-c3cc(-c4cc(C(C)(C)C)cc(C(C)(C)C)c4)cc(-c4cc(C(C)(C)C)cc(C(C)(C)C)c4)c3)c3ccccc32)c1.[Pt]. The monoisotopic (exact) mass is 1680 g/mol. The Kier molecular flexibility index (Phi) is 21.3. The maximum atomic E-state index is 7.15. The topological polar surface area (TPSA) is 35.9 Å². The van der Waals surface area contributed by atoms with Crippen molar-refractivity contribution >= 4 is 32.8 Å². The molecule has 114 heavy (non-hydrogen) atoms. The second-order valence-corrected chi connectivity index (χ2v) is 41.4. The van der Waals surface area contributed by atoms with Gasteiger partial charge in [0.1, 0.15) is 5.82 Å². The molecule has 0 saturated heterocycles. The molecule has 0 aliphatic rings. The van der Waals surface area contributed by atoms with Gasteiger partial charge in [0.15, 0.2) is 0 Å². The normalized spacial score (nSPS) is 13.0. The number of benzene rings is 11. The van der Waals surface area contributed by atoms with Crippen molar-refractivity contribution in [1.82, 2.24) is 14.1 Å². The molecule has 0 atom stereocenters. The van der Waals surface area contributed by atoms with Crippen LogP contribution in [0.2, 0.25) is 0 Å². The molecule has 0 bridgehead atoms. The Hall–Kier alpha value is -9.67. The Balaban J connectivity index is 0.0000113. The van der Waals surface area contributed by atoms with E-state index >= 15 is 0 Å². The van der Waals surface area contributed by atoms with Gasteiger partial charge in [0.25, 0.3) is 6.33 Å². The molecule has 14 aromatic rings. The molecule has 0 spiro atoms.